The summed E-state index contributed by atoms with van der Waals surface area (Å²) in [5.74, 6) is 0.809. The molecular formula is C19H22N4O2. The van der Waals surface area contributed by atoms with Gasteiger partial charge in [0.2, 0.25) is 0 Å². The van der Waals surface area contributed by atoms with Crippen LogP contribution < -0.4 is 10.2 Å². The Morgan fingerprint density at radius 2 is 1.96 bits per heavy atom. The summed E-state index contributed by atoms with van der Waals surface area (Å²) in [5.41, 5.74) is 2.89. The zero-order valence-electron chi connectivity index (χ0n) is 14.6. The van der Waals surface area contributed by atoms with Crippen LogP contribution >= 0.6 is 0 Å². The Balaban J connectivity index is 1.54. The molecule has 6 nitrogen and oxygen atoms in total. The normalized spacial score (nSPS) is 10.8. The predicted octanol–water partition coefficient (Wildman–Crippen LogP) is 2.90. The first-order chi connectivity index (χ1) is 12.2. The number of pyridine rings is 1. The van der Waals surface area contributed by atoms with Crippen LogP contribution in [0.1, 0.15) is 18.5 Å². The van der Waals surface area contributed by atoms with E-state index < -0.39 is 0 Å². The van der Waals surface area contributed by atoms with Crippen LogP contribution in [0.15, 0.2) is 53.6 Å². The molecule has 0 unspecified atom stereocenters. The van der Waals surface area contributed by atoms with E-state index in [-0.39, 0.29) is 5.43 Å². The minimum atomic E-state index is 0.0569. The van der Waals surface area contributed by atoms with E-state index in [1.165, 1.54) is 0 Å². The van der Waals surface area contributed by atoms with E-state index in [0.717, 1.165) is 48.6 Å². The third-order valence-corrected chi connectivity index (χ3v) is 4.16. The van der Waals surface area contributed by atoms with Crippen LogP contribution in [-0.4, -0.2) is 26.7 Å². The van der Waals surface area contributed by atoms with E-state index >= 15 is 0 Å². The maximum Gasteiger partial charge on any atom is 0.181 e. The second kappa shape index (κ2) is 7.79. The van der Waals surface area contributed by atoms with Crippen LogP contribution in [0.5, 0.6) is 5.75 Å². The molecule has 0 spiro atoms. The van der Waals surface area contributed by atoms with Gasteiger partial charge in [0.15, 0.2) is 5.43 Å². The van der Waals surface area contributed by atoms with Gasteiger partial charge in [-0.1, -0.05) is 17.3 Å². The van der Waals surface area contributed by atoms with Gasteiger partial charge in [-0.25, -0.2) is 0 Å². The average molecular weight is 338 g/mol. The highest BCUT2D eigenvalue weighted by molar-refractivity contribution is 5.59. The van der Waals surface area contributed by atoms with Crippen LogP contribution in [0.4, 0.5) is 0 Å². The Hall–Kier alpha value is -2.89. The molecule has 2 heterocycles. The molecule has 0 radical (unpaired) electrons. The van der Waals surface area contributed by atoms with Crippen LogP contribution in [0.2, 0.25) is 0 Å². The molecule has 3 rings (SSSR count). The van der Waals surface area contributed by atoms with Crippen LogP contribution in [0.25, 0.3) is 11.3 Å². The minimum absolute atomic E-state index is 0.0569. The molecule has 6 heteroatoms. The van der Waals surface area contributed by atoms with Crippen molar-refractivity contribution in [2.45, 2.75) is 32.9 Å². The molecule has 2 aromatic heterocycles. The lowest BCUT2D eigenvalue weighted by atomic mass is 10.1. The largest absolute Gasteiger partial charge is 0.497 e. The molecule has 3 aromatic rings. The van der Waals surface area contributed by atoms with Gasteiger partial charge in [0.05, 0.1) is 13.3 Å². The van der Waals surface area contributed by atoms with Crippen molar-refractivity contribution >= 4 is 0 Å². The lowest BCUT2D eigenvalue weighted by Gasteiger charge is -2.09. The van der Waals surface area contributed by atoms with Crippen molar-refractivity contribution in [3.05, 3.63) is 64.7 Å². The van der Waals surface area contributed by atoms with Gasteiger partial charge in [-0.2, -0.15) is 0 Å². The second-order valence-electron chi connectivity index (χ2n) is 6.00. The Labute approximate surface area is 146 Å². The summed E-state index contributed by atoms with van der Waals surface area (Å²) in [4.78, 5) is 11.3. The van der Waals surface area contributed by atoms with Crippen molar-refractivity contribution in [1.82, 2.24) is 19.6 Å². The Kier molecular flexibility index (Phi) is 5.28. The molecule has 0 atom stereocenters. The fraction of sp³-hybridized carbons (Fsp3) is 0.316. The maximum absolute atomic E-state index is 11.3. The summed E-state index contributed by atoms with van der Waals surface area (Å²) in [6, 6.07) is 11.1. The van der Waals surface area contributed by atoms with Gasteiger partial charge in [0.1, 0.15) is 11.4 Å². The quantitative estimate of drug-likeness (QED) is 0.622. The van der Waals surface area contributed by atoms with Crippen molar-refractivity contribution in [2.75, 3.05) is 7.11 Å². The molecule has 1 aromatic carbocycles. The van der Waals surface area contributed by atoms with E-state index in [9.17, 15) is 4.79 Å². The number of nitrogens with zero attached hydrogens (tertiary/aromatic N) is 4. The first-order valence-corrected chi connectivity index (χ1v) is 8.37. The van der Waals surface area contributed by atoms with Crippen LogP contribution in [-0.2, 0) is 13.1 Å². The molecule has 0 aliphatic rings. The lowest BCUT2D eigenvalue weighted by Crippen LogP contribution is -2.09. The number of methoxy groups -OCH3 is 1. The fourth-order valence-electron chi connectivity index (χ4n) is 2.75. The minimum Gasteiger partial charge on any atom is -0.497 e. The summed E-state index contributed by atoms with van der Waals surface area (Å²) in [5, 5.41) is 8.44. The van der Waals surface area contributed by atoms with Crippen molar-refractivity contribution in [1.29, 1.82) is 0 Å². The van der Waals surface area contributed by atoms with Gasteiger partial charge >= 0.3 is 0 Å². The van der Waals surface area contributed by atoms with Gasteiger partial charge < -0.3 is 9.30 Å². The monoisotopic (exact) mass is 338 g/mol. The molecule has 0 N–H and O–H groups in total. The molecule has 0 bridgehead atoms. The number of ether oxygens (including phenoxy) is 1. The van der Waals surface area contributed by atoms with Gasteiger partial charge in [0, 0.05) is 42.7 Å². The van der Waals surface area contributed by atoms with Crippen LogP contribution in [0.3, 0.4) is 0 Å². The standard InChI is InChI=1S/C19H22N4O2/c1-15-12-17(24)8-11-22(15)9-3-4-10-23-14-19(20-21-23)16-6-5-7-18(13-16)25-2/h5-8,11-14H,3-4,9-10H2,1-2H3. The third kappa shape index (κ3) is 4.35. The second-order valence-corrected chi connectivity index (χ2v) is 6.00. The molecule has 0 aliphatic heterocycles. The highest BCUT2D eigenvalue weighted by Crippen LogP contribution is 2.21. The summed E-state index contributed by atoms with van der Waals surface area (Å²) < 4.78 is 9.21. The average Bonchev–Trinajstić information content (AvgIpc) is 3.09. The number of unbranched alkanes of at least 4 members (excludes halogenated alkanes) is 1. The Morgan fingerprint density at radius 1 is 1.12 bits per heavy atom. The highest BCUT2D eigenvalue weighted by atomic mass is 16.5. The Morgan fingerprint density at radius 3 is 2.76 bits per heavy atom. The molecule has 0 saturated carbocycles. The zero-order valence-corrected chi connectivity index (χ0v) is 14.6. The number of benzene rings is 1. The summed E-state index contributed by atoms with van der Waals surface area (Å²) in [7, 11) is 1.65. The van der Waals surface area contributed by atoms with E-state index in [1.54, 1.807) is 19.2 Å². The van der Waals surface area contributed by atoms with E-state index in [2.05, 4.69) is 14.9 Å². The first kappa shape index (κ1) is 17.0. The number of rotatable bonds is 7. The highest BCUT2D eigenvalue weighted by Gasteiger charge is 2.05. The Bertz CT molecular complexity index is 898. The molecule has 0 amide bonds. The lowest BCUT2D eigenvalue weighted by molar-refractivity contribution is 0.415. The summed E-state index contributed by atoms with van der Waals surface area (Å²) >= 11 is 0. The van der Waals surface area contributed by atoms with E-state index in [4.69, 9.17) is 4.74 Å². The van der Waals surface area contributed by atoms with Crippen molar-refractivity contribution < 1.29 is 4.74 Å². The predicted molar refractivity (Wildman–Crippen MR) is 96.7 cm³/mol. The van der Waals surface area contributed by atoms with Crippen molar-refractivity contribution in [2.24, 2.45) is 0 Å². The van der Waals surface area contributed by atoms with E-state index in [0.29, 0.717) is 0 Å². The van der Waals surface area contributed by atoms with Crippen molar-refractivity contribution in [3.63, 3.8) is 0 Å². The topological polar surface area (TPSA) is 61.9 Å². The summed E-state index contributed by atoms with van der Waals surface area (Å²) in [6.07, 6.45) is 5.82. The number of aryl methyl sites for hydroxylation is 3. The van der Waals surface area contributed by atoms with E-state index in [1.807, 2.05) is 48.3 Å². The molecule has 0 fully saturated rings. The number of hydrogen-bond acceptors (Lipinski definition) is 4. The first-order valence-electron chi connectivity index (χ1n) is 8.37. The SMILES string of the molecule is COc1cccc(-c2cn(CCCCn3ccc(=O)cc3C)nn2)c1. The zero-order chi connectivity index (χ0) is 17.6. The van der Waals surface area contributed by atoms with Gasteiger partial charge in [-0.15, -0.1) is 5.10 Å². The smallest absolute Gasteiger partial charge is 0.181 e. The van der Waals surface area contributed by atoms with Crippen molar-refractivity contribution in [3.8, 4) is 17.0 Å². The molecule has 25 heavy (non-hydrogen) atoms. The van der Waals surface area contributed by atoms with Gasteiger partial charge in [0.25, 0.3) is 0 Å². The summed E-state index contributed by atoms with van der Waals surface area (Å²) in [6.45, 7) is 3.67. The number of hydrogen-bond donors (Lipinski definition) is 0. The maximum atomic E-state index is 11.3. The fourth-order valence-corrected chi connectivity index (χ4v) is 2.75. The molecular weight excluding hydrogens is 316 g/mol. The van der Waals surface area contributed by atoms with Gasteiger partial charge in [-0.05, 0) is 31.9 Å². The molecule has 0 aliphatic carbocycles. The molecule has 0 saturated heterocycles. The third-order valence-electron chi connectivity index (χ3n) is 4.16. The number of aromatic nitrogens is 4. The van der Waals surface area contributed by atoms with Crippen LogP contribution in [0, 0.1) is 6.92 Å². The molecule has 130 valence electrons. The van der Waals surface area contributed by atoms with Gasteiger partial charge in [-0.3, -0.25) is 9.48 Å².